The van der Waals surface area contributed by atoms with E-state index in [1.54, 1.807) is 0 Å². The Kier molecular flexibility index (Phi) is 10.7. The molecule has 3 N–H and O–H groups in total. The SMILES string of the molecule is CCC.CC[NH2+]C(C)CCCC/C=C/c1cccc2c1CN(C(=O)O)C2. The summed E-state index contributed by atoms with van der Waals surface area (Å²) in [4.78, 5) is 12.6. The third-order valence-electron chi connectivity index (χ3n) is 4.51. The first-order valence-electron chi connectivity index (χ1n) is 10.1. The molecule has 0 fully saturated rings. The number of hydrogen-bond acceptors (Lipinski definition) is 1. The van der Waals surface area contributed by atoms with Crippen LogP contribution < -0.4 is 5.32 Å². The summed E-state index contributed by atoms with van der Waals surface area (Å²) < 4.78 is 0. The molecule has 4 heteroatoms. The summed E-state index contributed by atoms with van der Waals surface area (Å²) >= 11 is 0. The predicted molar refractivity (Wildman–Crippen MR) is 109 cm³/mol. The molecular formula is C22H37N2O2+. The zero-order valence-corrected chi connectivity index (χ0v) is 17.0. The van der Waals surface area contributed by atoms with Crippen molar-refractivity contribution in [3.05, 3.63) is 41.0 Å². The Bertz CT molecular complexity index is 569. The highest BCUT2D eigenvalue weighted by Gasteiger charge is 2.23. The van der Waals surface area contributed by atoms with Crippen LogP contribution in [0.5, 0.6) is 0 Å². The third kappa shape index (κ3) is 7.61. The van der Waals surface area contributed by atoms with Crippen LogP contribution in [0.3, 0.4) is 0 Å². The Morgan fingerprint density at radius 2 is 2.00 bits per heavy atom. The first kappa shape index (κ1) is 22.2. The second kappa shape index (κ2) is 12.5. The molecule has 1 atom stereocenters. The van der Waals surface area contributed by atoms with E-state index in [0.717, 1.165) is 30.1 Å². The van der Waals surface area contributed by atoms with Gasteiger partial charge in [0.2, 0.25) is 0 Å². The molecule has 0 radical (unpaired) electrons. The van der Waals surface area contributed by atoms with E-state index in [1.807, 2.05) is 12.1 Å². The number of carbonyl (C=O) groups is 1. The van der Waals surface area contributed by atoms with E-state index in [-0.39, 0.29) is 0 Å². The van der Waals surface area contributed by atoms with Crippen LogP contribution in [0.15, 0.2) is 24.3 Å². The number of benzene rings is 1. The highest BCUT2D eigenvalue weighted by molar-refractivity contribution is 5.68. The highest BCUT2D eigenvalue weighted by Crippen LogP contribution is 2.27. The van der Waals surface area contributed by atoms with Crippen molar-refractivity contribution in [3.63, 3.8) is 0 Å². The van der Waals surface area contributed by atoms with Crippen molar-refractivity contribution in [2.75, 3.05) is 6.54 Å². The molecule has 1 heterocycles. The lowest BCUT2D eigenvalue weighted by Gasteiger charge is -2.09. The van der Waals surface area contributed by atoms with Crippen molar-refractivity contribution in [3.8, 4) is 0 Å². The predicted octanol–water partition coefficient (Wildman–Crippen LogP) is 4.64. The second-order valence-corrected chi connectivity index (χ2v) is 7.14. The molecule has 1 aliphatic rings. The molecule has 26 heavy (non-hydrogen) atoms. The second-order valence-electron chi connectivity index (χ2n) is 7.14. The molecule has 0 aliphatic carbocycles. The Hall–Kier alpha value is -1.81. The molecule has 0 saturated heterocycles. The molecule has 0 aromatic heterocycles. The first-order valence-corrected chi connectivity index (χ1v) is 10.1. The minimum Gasteiger partial charge on any atom is -0.465 e. The number of nitrogens with two attached hydrogens (primary N) is 1. The minimum atomic E-state index is -0.839. The van der Waals surface area contributed by atoms with Gasteiger partial charge in [-0.05, 0) is 56.2 Å². The molecule has 1 aromatic rings. The number of carboxylic acid groups (broad SMARTS) is 1. The van der Waals surface area contributed by atoms with Gasteiger partial charge in [0.15, 0.2) is 0 Å². The van der Waals surface area contributed by atoms with Crippen molar-refractivity contribution in [2.45, 2.75) is 78.9 Å². The Morgan fingerprint density at radius 3 is 2.65 bits per heavy atom. The van der Waals surface area contributed by atoms with Crippen LogP contribution in [0.25, 0.3) is 6.08 Å². The number of hydrogen-bond donors (Lipinski definition) is 2. The molecule has 4 nitrogen and oxygen atoms in total. The highest BCUT2D eigenvalue weighted by atomic mass is 16.4. The fourth-order valence-electron chi connectivity index (χ4n) is 3.20. The van der Waals surface area contributed by atoms with E-state index >= 15 is 0 Å². The Morgan fingerprint density at radius 1 is 1.27 bits per heavy atom. The third-order valence-corrected chi connectivity index (χ3v) is 4.51. The van der Waals surface area contributed by atoms with Gasteiger partial charge in [-0.25, -0.2) is 4.79 Å². The molecule has 0 bridgehead atoms. The van der Waals surface area contributed by atoms with E-state index in [9.17, 15) is 4.79 Å². The van der Waals surface area contributed by atoms with Crippen LogP contribution in [0.2, 0.25) is 0 Å². The zero-order valence-electron chi connectivity index (χ0n) is 17.0. The van der Waals surface area contributed by atoms with Crippen LogP contribution in [0.1, 0.15) is 76.5 Å². The standard InChI is InChI=1S/C19H28N2O2.C3H8/c1-3-20-15(2)9-6-4-5-7-10-16-11-8-12-17-13-21(19(22)23)14-18(16)17;1-3-2/h7-8,10-12,15,20H,3-6,9,13-14H2,1-2H3,(H,22,23);3H2,1-2H3/p+1/b10-7+;. The van der Waals surface area contributed by atoms with Crippen molar-refractivity contribution in [2.24, 2.45) is 0 Å². The van der Waals surface area contributed by atoms with Gasteiger partial charge < -0.3 is 10.4 Å². The van der Waals surface area contributed by atoms with Gasteiger partial charge in [0, 0.05) is 6.54 Å². The van der Waals surface area contributed by atoms with Crippen LogP contribution in [-0.2, 0) is 13.1 Å². The molecule has 1 aromatic carbocycles. The number of allylic oxidation sites excluding steroid dienone is 1. The van der Waals surface area contributed by atoms with Crippen molar-refractivity contribution in [1.82, 2.24) is 4.90 Å². The summed E-state index contributed by atoms with van der Waals surface area (Å²) in [7, 11) is 0. The maximum Gasteiger partial charge on any atom is 0.407 e. The van der Waals surface area contributed by atoms with Gasteiger partial charge in [-0.3, -0.25) is 4.90 Å². The van der Waals surface area contributed by atoms with Crippen LogP contribution in [-0.4, -0.2) is 28.7 Å². The minimum absolute atomic E-state index is 0.509. The number of amides is 1. The first-order chi connectivity index (χ1) is 12.5. The van der Waals surface area contributed by atoms with E-state index in [2.05, 4.69) is 51.2 Å². The van der Waals surface area contributed by atoms with Crippen LogP contribution in [0.4, 0.5) is 4.79 Å². The largest absolute Gasteiger partial charge is 0.465 e. The monoisotopic (exact) mass is 361 g/mol. The quantitative estimate of drug-likeness (QED) is 0.663. The molecular weight excluding hydrogens is 324 g/mol. The van der Waals surface area contributed by atoms with Crippen molar-refractivity contribution >= 4 is 12.2 Å². The Labute approximate surface area is 159 Å². The van der Waals surface area contributed by atoms with Gasteiger partial charge >= 0.3 is 6.09 Å². The topological polar surface area (TPSA) is 57.2 Å². The number of rotatable bonds is 8. The molecule has 1 unspecified atom stereocenters. The lowest BCUT2D eigenvalue weighted by Crippen LogP contribution is -2.88. The smallest absolute Gasteiger partial charge is 0.407 e. The summed E-state index contributed by atoms with van der Waals surface area (Å²) in [5, 5.41) is 11.5. The van der Waals surface area contributed by atoms with Gasteiger partial charge in [0.25, 0.3) is 0 Å². The van der Waals surface area contributed by atoms with Crippen LogP contribution >= 0.6 is 0 Å². The zero-order chi connectivity index (χ0) is 19.4. The van der Waals surface area contributed by atoms with Crippen molar-refractivity contribution < 1.29 is 15.2 Å². The average Bonchev–Trinajstić information content (AvgIpc) is 3.04. The summed E-state index contributed by atoms with van der Waals surface area (Å²) in [5.74, 6) is 0. The normalized spacial score (nSPS) is 14.1. The molecule has 1 aliphatic heterocycles. The van der Waals surface area contributed by atoms with Gasteiger partial charge in [0.1, 0.15) is 0 Å². The molecule has 0 spiro atoms. The fraction of sp³-hybridized carbons (Fsp3) is 0.591. The molecule has 0 saturated carbocycles. The average molecular weight is 362 g/mol. The Balaban J connectivity index is 0.00000105. The lowest BCUT2D eigenvalue weighted by molar-refractivity contribution is -0.683. The van der Waals surface area contributed by atoms with Gasteiger partial charge in [0.05, 0.1) is 19.1 Å². The molecule has 146 valence electrons. The maximum absolute atomic E-state index is 11.1. The number of unbranched alkanes of at least 4 members (excludes halogenated alkanes) is 2. The molecule has 1 amide bonds. The van der Waals surface area contributed by atoms with Gasteiger partial charge in [-0.15, -0.1) is 0 Å². The lowest BCUT2D eigenvalue weighted by atomic mass is 10.0. The van der Waals surface area contributed by atoms with Gasteiger partial charge in [-0.2, -0.15) is 0 Å². The number of quaternary nitrogens is 1. The summed E-state index contributed by atoms with van der Waals surface area (Å²) in [6.45, 7) is 10.9. The van der Waals surface area contributed by atoms with E-state index in [4.69, 9.17) is 5.11 Å². The maximum atomic E-state index is 11.1. The van der Waals surface area contributed by atoms with E-state index in [0.29, 0.717) is 13.1 Å². The summed E-state index contributed by atoms with van der Waals surface area (Å²) in [6.07, 6.45) is 9.64. The van der Waals surface area contributed by atoms with E-state index in [1.165, 1.54) is 36.1 Å². The number of fused-ring (bicyclic) bond motifs is 1. The summed E-state index contributed by atoms with van der Waals surface area (Å²) in [5.41, 5.74) is 3.47. The van der Waals surface area contributed by atoms with Crippen molar-refractivity contribution in [1.29, 1.82) is 0 Å². The van der Waals surface area contributed by atoms with E-state index < -0.39 is 6.09 Å². The fourth-order valence-corrected chi connectivity index (χ4v) is 3.20. The summed E-state index contributed by atoms with van der Waals surface area (Å²) in [6, 6.07) is 6.86. The van der Waals surface area contributed by atoms with Crippen LogP contribution in [0, 0.1) is 0 Å². The van der Waals surface area contributed by atoms with Gasteiger partial charge in [-0.1, -0.05) is 50.6 Å². The molecule has 2 rings (SSSR count). The number of nitrogens with zero attached hydrogens (tertiary/aromatic N) is 1.